The van der Waals surface area contributed by atoms with Crippen molar-refractivity contribution in [1.82, 2.24) is 25.6 Å². The fourth-order valence-corrected chi connectivity index (χ4v) is 3.13. The molecule has 3 amide bonds. The number of benzene rings is 2. The van der Waals surface area contributed by atoms with Gasteiger partial charge in [-0.25, -0.2) is 4.39 Å². The van der Waals surface area contributed by atoms with Crippen molar-refractivity contribution in [1.29, 1.82) is 0 Å². The van der Waals surface area contributed by atoms with Crippen molar-refractivity contribution in [2.24, 2.45) is 0 Å². The van der Waals surface area contributed by atoms with Crippen LogP contribution in [0.4, 0.5) is 10.1 Å². The molecule has 0 bridgehead atoms. The molecule has 9 nitrogen and oxygen atoms in total. The van der Waals surface area contributed by atoms with E-state index in [2.05, 4.69) is 26.4 Å². The summed E-state index contributed by atoms with van der Waals surface area (Å²) in [7, 11) is 0. The number of aromatic nitrogens is 3. The van der Waals surface area contributed by atoms with E-state index in [4.69, 9.17) is 0 Å². The van der Waals surface area contributed by atoms with Gasteiger partial charge in [-0.2, -0.15) is 0 Å². The Balaban J connectivity index is 1.56. The van der Waals surface area contributed by atoms with Crippen LogP contribution >= 0.6 is 11.8 Å². The molecule has 0 fully saturated rings. The van der Waals surface area contributed by atoms with Crippen LogP contribution in [-0.4, -0.2) is 38.2 Å². The van der Waals surface area contributed by atoms with Gasteiger partial charge in [-0.1, -0.05) is 17.8 Å². The number of rotatable bonds is 6. The lowest BCUT2D eigenvalue weighted by molar-refractivity contribution is -0.119. The third-order valence-corrected chi connectivity index (χ3v) is 4.66. The van der Waals surface area contributed by atoms with Gasteiger partial charge in [-0.3, -0.25) is 29.8 Å². The van der Waals surface area contributed by atoms with E-state index in [1.54, 1.807) is 22.8 Å². The van der Waals surface area contributed by atoms with Crippen LogP contribution in [0.25, 0.3) is 5.69 Å². The maximum atomic E-state index is 12.9. The molecule has 11 heteroatoms. The van der Waals surface area contributed by atoms with Gasteiger partial charge in [0.05, 0.1) is 11.4 Å². The molecule has 30 heavy (non-hydrogen) atoms. The summed E-state index contributed by atoms with van der Waals surface area (Å²) in [6, 6.07) is 12.0. The quantitative estimate of drug-likeness (QED) is 0.408. The van der Waals surface area contributed by atoms with Crippen LogP contribution in [-0.2, 0) is 9.59 Å². The Morgan fingerprint density at radius 1 is 1.10 bits per heavy atom. The van der Waals surface area contributed by atoms with Gasteiger partial charge in [0.1, 0.15) is 12.1 Å². The summed E-state index contributed by atoms with van der Waals surface area (Å²) in [5.41, 5.74) is 6.09. The Morgan fingerprint density at radius 2 is 1.87 bits per heavy atom. The minimum absolute atomic E-state index is 0.0340. The molecule has 2 aromatic carbocycles. The number of amides is 3. The molecule has 0 saturated carbocycles. The first-order chi connectivity index (χ1) is 14.4. The highest BCUT2D eigenvalue weighted by Crippen LogP contribution is 2.21. The molecule has 1 heterocycles. The van der Waals surface area contributed by atoms with E-state index < -0.39 is 17.6 Å². The van der Waals surface area contributed by atoms with E-state index in [-0.39, 0.29) is 17.2 Å². The number of hydrogen-bond donors (Lipinski definition) is 3. The molecule has 3 rings (SSSR count). The number of hydrazine groups is 1. The predicted octanol–water partition coefficient (Wildman–Crippen LogP) is 1.92. The maximum absolute atomic E-state index is 12.9. The van der Waals surface area contributed by atoms with Crippen LogP contribution in [0.1, 0.15) is 17.3 Å². The van der Waals surface area contributed by atoms with Gasteiger partial charge in [-0.05, 0) is 42.5 Å². The molecule has 154 valence electrons. The second-order valence-electron chi connectivity index (χ2n) is 6.01. The van der Waals surface area contributed by atoms with Crippen molar-refractivity contribution >= 4 is 35.2 Å². The van der Waals surface area contributed by atoms with Crippen molar-refractivity contribution in [3.8, 4) is 5.69 Å². The topological polar surface area (TPSA) is 118 Å². The average Bonchev–Trinajstić information content (AvgIpc) is 3.19. The highest BCUT2D eigenvalue weighted by Gasteiger charge is 2.12. The van der Waals surface area contributed by atoms with E-state index >= 15 is 0 Å². The number of halogens is 1. The van der Waals surface area contributed by atoms with Gasteiger partial charge in [0.25, 0.3) is 5.91 Å². The lowest BCUT2D eigenvalue weighted by atomic mass is 10.2. The van der Waals surface area contributed by atoms with Crippen LogP contribution in [0.3, 0.4) is 0 Å². The molecule has 0 saturated heterocycles. The normalized spacial score (nSPS) is 10.3. The van der Waals surface area contributed by atoms with Crippen LogP contribution in [0.15, 0.2) is 60.0 Å². The molecule has 0 atom stereocenters. The fourth-order valence-electron chi connectivity index (χ4n) is 2.40. The number of carbonyl (C=O) groups is 3. The van der Waals surface area contributed by atoms with Crippen LogP contribution in [0.5, 0.6) is 0 Å². The first kappa shape index (κ1) is 21.0. The largest absolute Gasteiger partial charge is 0.326 e. The first-order valence-electron chi connectivity index (χ1n) is 8.68. The lowest BCUT2D eigenvalue weighted by Crippen LogP contribution is -2.42. The van der Waals surface area contributed by atoms with Gasteiger partial charge in [0.2, 0.25) is 11.8 Å². The molecule has 0 unspecified atom stereocenters. The summed E-state index contributed by atoms with van der Waals surface area (Å²) in [6.07, 6.45) is 1.49. The minimum atomic E-state index is -0.564. The number of nitrogens with one attached hydrogen (secondary N) is 3. The van der Waals surface area contributed by atoms with Crippen LogP contribution < -0.4 is 16.2 Å². The minimum Gasteiger partial charge on any atom is -0.326 e. The summed E-state index contributed by atoms with van der Waals surface area (Å²) in [5, 5.41) is 11.0. The molecule has 1 aromatic heterocycles. The zero-order chi connectivity index (χ0) is 21.5. The van der Waals surface area contributed by atoms with Gasteiger partial charge >= 0.3 is 0 Å². The van der Waals surface area contributed by atoms with E-state index in [1.165, 1.54) is 25.4 Å². The van der Waals surface area contributed by atoms with Gasteiger partial charge in [0.15, 0.2) is 5.16 Å². The molecule has 0 aliphatic carbocycles. The number of thioether (sulfide) groups is 1. The second kappa shape index (κ2) is 9.65. The van der Waals surface area contributed by atoms with Gasteiger partial charge < -0.3 is 5.32 Å². The van der Waals surface area contributed by atoms with Gasteiger partial charge in [-0.15, -0.1) is 10.2 Å². The summed E-state index contributed by atoms with van der Waals surface area (Å²) in [5.74, 6) is -1.71. The highest BCUT2D eigenvalue weighted by molar-refractivity contribution is 7.99. The van der Waals surface area contributed by atoms with Crippen LogP contribution in [0, 0.1) is 5.82 Å². The molecule has 3 N–H and O–H groups in total. The molecule has 3 aromatic rings. The summed E-state index contributed by atoms with van der Waals surface area (Å²) in [4.78, 5) is 35.2. The fraction of sp³-hybridized carbons (Fsp3) is 0.105. The number of carbonyl (C=O) groups excluding carboxylic acids is 3. The molecule has 0 aliphatic heterocycles. The molecular formula is C19H17FN6O3S. The van der Waals surface area contributed by atoms with Crippen molar-refractivity contribution < 1.29 is 18.8 Å². The van der Waals surface area contributed by atoms with E-state index in [0.717, 1.165) is 23.9 Å². The third kappa shape index (κ3) is 5.64. The van der Waals surface area contributed by atoms with Crippen molar-refractivity contribution in [2.75, 3.05) is 11.1 Å². The first-order valence-corrected chi connectivity index (χ1v) is 9.66. The molecular weight excluding hydrogens is 411 g/mol. The second-order valence-corrected chi connectivity index (χ2v) is 6.96. The SMILES string of the molecule is CC(=O)Nc1cccc(-n2cnnc2SCC(=O)NNC(=O)c2ccc(F)cc2)c1. The average molecular weight is 428 g/mol. The van der Waals surface area contributed by atoms with E-state index in [1.807, 2.05) is 6.07 Å². The Morgan fingerprint density at radius 3 is 2.60 bits per heavy atom. The van der Waals surface area contributed by atoms with E-state index in [0.29, 0.717) is 16.5 Å². The summed E-state index contributed by atoms with van der Waals surface area (Å²) in [6.45, 7) is 1.42. The maximum Gasteiger partial charge on any atom is 0.269 e. The summed E-state index contributed by atoms with van der Waals surface area (Å²) >= 11 is 1.11. The smallest absolute Gasteiger partial charge is 0.269 e. The van der Waals surface area contributed by atoms with Crippen molar-refractivity contribution in [2.45, 2.75) is 12.1 Å². The van der Waals surface area contributed by atoms with Crippen LogP contribution in [0.2, 0.25) is 0 Å². The predicted molar refractivity (Wildman–Crippen MR) is 108 cm³/mol. The zero-order valence-electron chi connectivity index (χ0n) is 15.8. The van der Waals surface area contributed by atoms with E-state index in [9.17, 15) is 18.8 Å². The van der Waals surface area contributed by atoms with Gasteiger partial charge in [0, 0.05) is 18.2 Å². The zero-order valence-corrected chi connectivity index (χ0v) is 16.6. The Hall–Kier alpha value is -3.73. The number of anilines is 1. The highest BCUT2D eigenvalue weighted by atomic mass is 32.2. The summed E-state index contributed by atoms with van der Waals surface area (Å²) < 4.78 is 14.6. The molecule has 0 radical (unpaired) electrons. The Bertz CT molecular complexity index is 1070. The molecule has 0 spiro atoms. The van der Waals surface area contributed by atoms with Crippen molar-refractivity contribution in [3.05, 3.63) is 66.2 Å². The molecule has 0 aliphatic rings. The Labute approximate surface area is 175 Å². The monoisotopic (exact) mass is 428 g/mol. The van der Waals surface area contributed by atoms with Crippen molar-refractivity contribution in [3.63, 3.8) is 0 Å². The number of hydrogen-bond acceptors (Lipinski definition) is 6. The number of nitrogens with zero attached hydrogens (tertiary/aromatic N) is 3. The third-order valence-electron chi connectivity index (χ3n) is 3.72. The Kier molecular flexibility index (Phi) is 6.75. The standard InChI is InChI=1S/C19H17FN6O3S/c1-12(27)22-15-3-2-4-16(9-15)26-11-21-25-19(26)30-10-17(28)23-24-18(29)13-5-7-14(20)8-6-13/h2-9,11H,10H2,1H3,(H,22,27)(H,23,28)(H,24,29). The lowest BCUT2D eigenvalue weighted by Gasteiger charge is -2.09.